The Hall–Kier alpha value is -0.850. The zero-order valence-corrected chi connectivity index (χ0v) is 7.14. The monoisotopic (exact) mass is 149 g/mol. The quantitative estimate of drug-likeness (QED) is 0.535. The molecule has 0 aromatic carbocycles. The van der Waals surface area contributed by atoms with Crippen molar-refractivity contribution in [2.45, 2.75) is 32.6 Å². The lowest BCUT2D eigenvalue weighted by molar-refractivity contribution is 0.668. The Labute approximate surface area is 68.5 Å². The van der Waals surface area contributed by atoms with Crippen LogP contribution in [0, 0.1) is 0 Å². The summed E-state index contributed by atoms with van der Waals surface area (Å²) in [6.45, 7) is 5.77. The number of rotatable bonds is 2. The number of nitrogens with zero attached hydrogens (tertiary/aromatic N) is 1. The highest BCUT2D eigenvalue weighted by molar-refractivity contribution is 5.71. The maximum absolute atomic E-state index is 4.32. The predicted octanol–water partition coefficient (Wildman–Crippen LogP) is 3.09. The Bertz CT molecular complexity index is 199. The lowest BCUT2D eigenvalue weighted by Gasteiger charge is -2.12. The molecule has 1 rings (SSSR count). The van der Waals surface area contributed by atoms with Crippen LogP contribution in [-0.2, 0) is 0 Å². The first-order chi connectivity index (χ1) is 5.34. The molecule has 0 unspecified atom stereocenters. The molecule has 0 aromatic rings. The van der Waals surface area contributed by atoms with Crippen molar-refractivity contribution in [2.24, 2.45) is 4.99 Å². The van der Waals surface area contributed by atoms with Gasteiger partial charge < -0.3 is 0 Å². The van der Waals surface area contributed by atoms with Crippen LogP contribution in [0.2, 0.25) is 0 Å². The molecule has 0 aliphatic heterocycles. The third kappa shape index (κ3) is 2.34. The second-order valence-corrected chi connectivity index (χ2v) is 2.95. The molecule has 0 fully saturated rings. The van der Waals surface area contributed by atoms with Crippen LogP contribution in [0.25, 0.3) is 0 Å². The van der Waals surface area contributed by atoms with E-state index in [0.29, 0.717) is 0 Å². The summed E-state index contributed by atoms with van der Waals surface area (Å²) in [6, 6.07) is 0. The fraction of sp³-hybridized carbons (Fsp3) is 0.500. The number of aliphatic imine (C=N–C) groups is 1. The Balaban J connectivity index is 2.66. The maximum Gasteiger partial charge on any atom is 0.0392 e. The van der Waals surface area contributed by atoms with E-state index in [1.165, 1.54) is 30.5 Å². The average Bonchev–Trinajstić information content (AvgIpc) is 2.03. The number of hydrogen-bond donors (Lipinski definition) is 0. The third-order valence-corrected chi connectivity index (χ3v) is 2.04. The molecule has 0 saturated carbocycles. The summed E-state index contributed by atoms with van der Waals surface area (Å²) in [7, 11) is 0. The highest BCUT2D eigenvalue weighted by atomic mass is 14.7. The topological polar surface area (TPSA) is 12.4 Å². The fourth-order valence-electron chi connectivity index (χ4n) is 1.36. The van der Waals surface area contributed by atoms with Gasteiger partial charge in [-0.05, 0) is 32.6 Å². The van der Waals surface area contributed by atoms with Crippen molar-refractivity contribution in [2.75, 3.05) is 0 Å². The van der Waals surface area contributed by atoms with Crippen molar-refractivity contribution in [1.29, 1.82) is 0 Å². The summed E-state index contributed by atoms with van der Waals surface area (Å²) in [5.74, 6) is 0. The zero-order chi connectivity index (χ0) is 8.10. The molecule has 1 nitrogen and oxygen atoms in total. The normalized spacial score (nSPS) is 19.4. The second kappa shape index (κ2) is 4.12. The highest BCUT2D eigenvalue weighted by Gasteiger charge is 2.06. The molecule has 1 aliphatic rings. The van der Waals surface area contributed by atoms with E-state index in [1.54, 1.807) is 12.3 Å². The molecule has 1 aliphatic carbocycles. The van der Waals surface area contributed by atoms with Crippen molar-refractivity contribution in [3.8, 4) is 0 Å². The molecule has 0 heterocycles. The van der Waals surface area contributed by atoms with Crippen LogP contribution in [0.15, 0.2) is 28.9 Å². The van der Waals surface area contributed by atoms with Crippen molar-refractivity contribution in [3.05, 3.63) is 23.9 Å². The van der Waals surface area contributed by atoms with Gasteiger partial charge in [0.05, 0.1) is 0 Å². The largest absolute Gasteiger partial charge is 0.261 e. The SMILES string of the molecule is C=CC=NC1=C(C)CCCC1. The lowest BCUT2D eigenvalue weighted by Crippen LogP contribution is -1.94. The van der Waals surface area contributed by atoms with Gasteiger partial charge in [0.1, 0.15) is 0 Å². The molecular formula is C10H15N. The first-order valence-electron chi connectivity index (χ1n) is 4.18. The molecule has 0 bridgehead atoms. The van der Waals surface area contributed by atoms with E-state index in [4.69, 9.17) is 0 Å². The minimum absolute atomic E-state index is 1.15. The first kappa shape index (κ1) is 8.25. The molecule has 0 spiro atoms. The van der Waals surface area contributed by atoms with Crippen LogP contribution in [0.1, 0.15) is 32.6 Å². The van der Waals surface area contributed by atoms with E-state index in [1.807, 2.05) is 0 Å². The Morgan fingerprint density at radius 3 is 2.73 bits per heavy atom. The molecule has 0 N–H and O–H groups in total. The Morgan fingerprint density at radius 2 is 2.09 bits per heavy atom. The van der Waals surface area contributed by atoms with Crippen LogP contribution < -0.4 is 0 Å². The molecule has 0 aromatic heterocycles. The molecular weight excluding hydrogens is 134 g/mol. The van der Waals surface area contributed by atoms with Crippen LogP contribution in [0.4, 0.5) is 0 Å². The van der Waals surface area contributed by atoms with Gasteiger partial charge >= 0.3 is 0 Å². The van der Waals surface area contributed by atoms with Gasteiger partial charge in [-0.25, -0.2) is 0 Å². The molecule has 60 valence electrons. The zero-order valence-electron chi connectivity index (χ0n) is 7.14. The van der Waals surface area contributed by atoms with Gasteiger partial charge in [-0.3, -0.25) is 4.99 Å². The molecule has 1 heteroatoms. The van der Waals surface area contributed by atoms with Crippen molar-refractivity contribution < 1.29 is 0 Å². The molecule has 11 heavy (non-hydrogen) atoms. The van der Waals surface area contributed by atoms with Gasteiger partial charge in [0.2, 0.25) is 0 Å². The Morgan fingerprint density at radius 1 is 1.36 bits per heavy atom. The smallest absolute Gasteiger partial charge is 0.0392 e. The van der Waals surface area contributed by atoms with Gasteiger partial charge in [-0.15, -0.1) is 0 Å². The summed E-state index contributed by atoms with van der Waals surface area (Å²) in [5.41, 5.74) is 2.73. The standard InChI is InChI=1S/C10H15N/c1-3-8-11-10-7-5-4-6-9(10)2/h3,8H,1,4-7H2,2H3. The third-order valence-electron chi connectivity index (χ3n) is 2.04. The highest BCUT2D eigenvalue weighted by Crippen LogP contribution is 2.24. The summed E-state index contributed by atoms with van der Waals surface area (Å²) in [4.78, 5) is 4.32. The second-order valence-electron chi connectivity index (χ2n) is 2.95. The number of hydrogen-bond acceptors (Lipinski definition) is 1. The van der Waals surface area contributed by atoms with E-state index in [9.17, 15) is 0 Å². The fourth-order valence-corrected chi connectivity index (χ4v) is 1.36. The van der Waals surface area contributed by atoms with Crippen LogP contribution in [-0.4, -0.2) is 6.21 Å². The Kier molecular flexibility index (Phi) is 3.09. The van der Waals surface area contributed by atoms with Gasteiger partial charge in [-0.2, -0.15) is 0 Å². The van der Waals surface area contributed by atoms with E-state index >= 15 is 0 Å². The van der Waals surface area contributed by atoms with E-state index in [2.05, 4.69) is 18.5 Å². The van der Waals surface area contributed by atoms with E-state index in [-0.39, 0.29) is 0 Å². The van der Waals surface area contributed by atoms with Gasteiger partial charge in [0, 0.05) is 11.9 Å². The molecule has 0 radical (unpaired) electrons. The van der Waals surface area contributed by atoms with Crippen LogP contribution in [0.5, 0.6) is 0 Å². The van der Waals surface area contributed by atoms with E-state index in [0.717, 1.165) is 6.42 Å². The van der Waals surface area contributed by atoms with Crippen molar-refractivity contribution in [3.63, 3.8) is 0 Å². The minimum atomic E-state index is 1.15. The van der Waals surface area contributed by atoms with Gasteiger partial charge in [0.15, 0.2) is 0 Å². The summed E-state index contributed by atoms with van der Waals surface area (Å²) in [5, 5.41) is 0. The van der Waals surface area contributed by atoms with Crippen LogP contribution >= 0.6 is 0 Å². The minimum Gasteiger partial charge on any atom is -0.261 e. The molecule has 0 saturated heterocycles. The molecule has 0 amide bonds. The lowest BCUT2D eigenvalue weighted by atomic mass is 9.98. The predicted molar refractivity (Wildman–Crippen MR) is 49.9 cm³/mol. The summed E-state index contributed by atoms with van der Waals surface area (Å²) < 4.78 is 0. The first-order valence-corrected chi connectivity index (χ1v) is 4.18. The van der Waals surface area contributed by atoms with Gasteiger partial charge in [-0.1, -0.05) is 18.2 Å². The maximum atomic E-state index is 4.32. The number of allylic oxidation sites excluding steroid dienone is 3. The summed E-state index contributed by atoms with van der Waals surface area (Å²) in [6.07, 6.45) is 8.51. The molecule has 0 atom stereocenters. The van der Waals surface area contributed by atoms with Gasteiger partial charge in [0.25, 0.3) is 0 Å². The summed E-state index contributed by atoms with van der Waals surface area (Å²) >= 11 is 0. The average molecular weight is 149 g/mol. The van der Waals surface area contributed by atoms with Crippen molar-refractivity contribution >= 4 is 6.21 Å². The van der Waals surface area contributed by atoms with Crippen molar-refractivity contribution in [1.82, 2.24) is 0 Å². The van der Waals surface area contributed by atoms with E-state index < -0.39 is 0 Å². The van der Waals surface area contributed by atoms with Crippen LogP contribution in [0.3, 0.4) is 0 Å².